The van der Waals surface area contributed by atoms with E-state index in [2.05, 4.69) is 5.10 Å². The van der Waals surface area contributed by atoms with Gasteiger partial charge in [0.15, 0.2) is 5.82 Å². The number of benzene rings is 2. The molecule has 2 heterocycles. The van der Waals surface area contributed by atoms with Crippen LogP contribution in [0.5, 0.6) is 0 Å². The van der Waals surface area contributed by atoms with Crippen molar-refractivity contribution >= 4 is 27.0 Å². The SMILES string of the molecule is CCCS(=O)(=O)N1CC=C(c2ccc(C3CC(C(O)(C(F)(F)F)C(F)(F)F)=NN3c3ccc(F)cc3F)cc2)CC1. The molecule has 15 heteroatoms. The first kappa shape index (κ1) is 30.9. The maximum absolute atomic E-state index is 14.6. The summed E-state index contributed by atoms with van der Waals surface area (Å²) in [5.41, 5.74) is -6.02. The number of sulfonamides is 1. The predicted octanol–water partition coefficient (Wildman–Crippen LogP) is 5.96. The summed E-state index contributed by atoms with van der Waals surface area (Å²) in [7, 11) is -3.40. The van der Waals surface area contributed by atoms with E-state index in [1.54, 1.807) is 25.1 Å². The monoisotopic (exact) mass is 611 g/mol. The number of anilines is 1. The highest BCUT2D eigenvalue weighted by Gasteiger charge is 2.74. The van der Waals surface area contributed by atoms with E-state index in [0.717, 1.165) is 17.7 Å². The zero-order chi connectivity index (χ0) is 30.4. The summed E-state index contributed by atoms with van der Waals surface area (Å²) in [5.74, 6) is -2.30. The van der Waals surface area contributed by atoms with Gasteiger partial charge >= 0.3 is 12.4 Å². The van der Waals surface area contributed by atoms with Crippen LogP contribution in [0.25, 0.3) is 5.57 Å². The van der Waals surface area contributed by atoms with Crippen LogP contribution in [0.2, 0.25) is 0 Å². The van der Waals surface area contributed by atoms with Crippen molar-refractivity contribution in [2.45, 2.75) is 50.2 Å². The molecule has 0 aromatic heterocycles. The van der Waals surface area contributed by atoms with Crippen LogP contribution >= 0.6 is 0 Å². The molecule has 2 aliphatic heterocycles. The Balaban J connectivity index is 1.68. The number of rotatable bonds is 7. The summed E-state index contributed by atoms with van der Waals surface area (Å²) in [4.78, 5) is 0. The molecular weight excluding hydrogens is 586 g/mol. The van der Waals surface area contributed by atoms with Gasteiger partial charge in [0.25, 0.3) is 5.60 Å². The number of nitrogens with zero attached hydrogens (tertiary/aromatic N) is 3. The standard InChI is InChI=1S/C26H25F8N3O3S/c1-2-13-41(39,40)36-11-9-17(10-12-36)16-3-5-18(6-4-16)22-15-23(24(38,25(29,30)31)26(32,33)34)35-37(22)21-8-7-19(27)14-20(21)28/h3-9,14,22,38H,2,10-13,15H2,1H3. The summed E-state index contributed by atoms with van der Waals surface area (Å²) < 4.78 is 136. The quantitative estimate of drug-likeness (QED) is 0.393. The van der Waals surface area contributed by atoms with Gasteiger partial charge in [-0.25, -0.2) is 17.2 Å². The van der Waals surface area contributed by atoms with Crippen LogP contribution in [0.3, 0.4) is 0 Å². The lowest BCUT2D eigenvalue weighted by atomic mass is 9.89. The van der Waals surface area contributed by atoms with E-state index in [1.165, 1.54) is 16.4 Å². The van der Waals surface area contributed by atoms with Gasteiger partial charge in [-0.1, -0.05) is 37.3 Å². The number of halogens is 8. The first-order chi connectivity index (χ1) is 19.0. The normalized spacial score (nSPS) is 19.4. The molecule has 0 fully saturated rings. The largest absolute Gasteiger partial charge is 0.431 e. The van der Waals surface area contributed by atoms with Gasteiger partial charge in [0.05, 0.1) is 23.2 Å². The Hall–Kier alpha value is -3.04. The smallest absolute Gasteiger partial charge is 0.369 e. The Morgan fingerprint density at radius 2 is 1.63 bits per heavy atom. The van der Waals surface area contributed by atoms with Crippen LogP contribution in [0.15, 0.2) is 53.6 Å². The molecule has 1 unspecified atom stereocenters. The molecule has 0 amide bonds. The van der Waals surface area contributed by atoms with Gasteiger partial charge in [-0.15, -0.1) is 0 Å². The maximum Gasteiger partial charge on any atom is 0.431 e. The number of hydrogen-bond donors (Lipinski definition) is 1. The minimum absolute atomic E-state index is 0.0132. The molecule has 2 aliphatic rings. The van der Waals surface area contributed by atoms with Crippen LogP contribution in [0.4, 0.5) is 40.8 Å². The molecule has 0 saturated carbocycles. The molecule has 6 nitrogen and oxygen atoms in total. The third-order valence-corrected chi connectivity index (χ3v) is 9.04. The first-order valence-corrected chi connectivity index (χ1v) is 14.1. The zero-order valence-corrected chi connectivity index (χ0v) is 22.3. The van der Waals surface area contributed by atoms with Crippen molar-refractivity contribution in [1.29, 1.82) is 0 Å². The summed E-state index contributed by atoms with van der Waals surface area (Å²) in [6, 6.07) is 6.51. The fourth-order valence-corrected chi connectivity index (χ4v) is 6.28. The molecule has 0 saturated heterocycles. The molecule has 0 bridgehead atoms. The lowest BCUT2D eigenvalue weighted by molar-refractivity contribution is -0.338. The highest BCUT2D eigenvalue weighted by atomic mass is 32.2. The third-order valence-electron chi connectivity index (χ3n) is 7.00. The van der Waals surface area contributed by atoms with E-state index in [1.807, 2.05) is 0 Å². The summed E-state index contributed by atoms with van der Waals surface area (Å²) in [6.07, 6.45) is -10.9. The van der Waals surface area contributed by atoms with Gasteiger partial charge in [0.2, 0.25) is 10.0 Å². The number of hydrogen-bond acceptors (Lipinski definition) is 5. The molecule has 1 N–H and O–H groups in total. The van der Waals surface area contributed by atoms with Crippen LogP contribution in [0, 0.1) is 11.6 Å². The lowest BCUT2D eigenvalue weighted by Crippen LogP contribution is -2.62. The zero-order valence-electron chi connectivity index (χ0n) is 21.5. The first-order valence-electron chi connectivity index (χ1n) is 12.4. The highest BCUT2D eigenvalue weighted by Crippen LogP contribution is 2.49. The van der Waals surface area contributed by atoms with E-state index < -0.39 is 63.5 Å². The van der Waals surface area contributed by atoms with Crippen LogP contribution < -0.4 is 5.01 Å². The van der Waals surface area contributed by atoms with Crippen LogP contribution in [-0.2, 0) is 10.0 Å². The van der Waals surface area contributed by atoms with E-state index in [9.17, 15) is 48.6 Å². The molecule has 1 atom stereocenters. The van der Waals surface area contributed by atoms with Crippen molar-refractivity contribution in [3.63, 3.8) is 0 Å². The van der Waals surface area contributed by atoms with Gasteiger partial charge in [-0.05, 0) is 41.7 Å². The van der Waals surface area contributed by atoms with Crippen molar-refractivity contribution < 1.29 is 48.6 Å². The van der Waals surface area contributed by atoms with Crippen molar-refractivity contribution in [2.75, 3.05) is 23.9 Å². The third kappa shape index (κ3) is 5.84. The molecule has 2 aromatic rings. The van der Waals surface area contributed by atoms with Crippen molar-refractivity contribution in [1.82, 2.24) is 4.31 Å². The van der Waals surface area contributed by atoms with Gasteiger partial charge in [-0.3, -0.25) is 5.01 Å². The molecule has 0 radical (unpaired) electrons. The van der Waals surface area contributed by atoms with E-state index in [0.29, 0.717) is 29.5 Å². The van der Waals surface area contributed by atoms with E-state index >= 15 is 0 Å². The van der Waals surface area contributed by atoms with Gasteiger partial charge < -0.3 is 5.11 Å². The molecule has 41 heavy (non-hydrogen) atoms. The van der Waals surface area contributed by atoms with Gasteiger partial charge in [0.1, 0.15) is 5.82 Å². The predicted molar refractivity (Wildman–Crippen MR) is 135 cm³/mol. The second kappa shape index (κ2) is 11.0. The Morgan fingerprint density at radius 3 is 2.15 bits per heavy atom. The second-order valence-corrected chi connectivity index (χ2v) is 11.8. The lowest BCUT2D eigenvalue weighted by Gasteiger charge is -2.32. The Morgan fingerprint density at radius 1 is 1.00 bits per heavy atom. The minimum atomic E-state index is -6.19. The maximum atomic E-state index is 14.6. The van der Waals surface area contributed by atoms with E-state index in [-0.39, 0.29) is 24.4 Å². The van der Waals surface area contributed by atoms with Crippen LogP contribution in [0.1, 0.15) is 43.4 Å². The summed E-state index contributed by atoms with van der Waals surface area (Å²) in [6.45, 7) is 2.13. The molecule has 2 aromatic carbocycles. The Labute approximate surface area is 230 Å². The molecule has 0 spiro atoms. The van der Waals surface area contributed by atoms with Crippen LogP contribution in [-0.4, -0.2) is 60.3 Å². The van der Waals surface area contributed by atoms with Gasteiger partial charge in [0, 0.05) is 25.6 Å². The average molecular weight is 612 g/mol. The number of aliphatic hydroxyl groups is 1. The van der Waals surface area contributed by atoms with Crippen molar-refractivity contribution in [2.24, 2.45) is 5.10 Å². The second-order valence-electron chi connectivity index (χ2n) is 9.69. The number of hydrazone groups is 1. The Bertz CT molecular complexity index is 1440. The van der Waals surface area contributed by atoms with Crippen molar-refractivity contribution in [3.05, 3.63) is 71.3 Å². The van der Waals surface area contributed by atoms with E-state index in [4.69, 9.17) is 0 Å². The minimum Gasteiger partial charge on any atom is -0.369 e. The molecule has 224 valence electrons. The number of alkyl halides is 6. The Kier molecular flexibility index (Phi) is 8.28. The molecule has 4 rings (SSSR count). The fraction of sp³-hybridized carbons (Fsp3) is 0.423. The topological polar surface area (TPSA) is 73.2 Å². The average Bonchev–Trinajstić information content (AvgIpc) is 3.32. The van der Waals surface area contributed by atoms with Gasteiger partial charge in [-0.2, -0.15) is 35.7 Å². The highest BCUT2D eigenvalue weighted by molar-refractivity contribution is 7.89. The summed E-state index contributed by atoms with van der Waals surface area (Å²) >= 11 is 0. The van der Waals surface area contributed by atoms with Crippen molar-refractivity contribution in [3.8, 4) is 0 Å². The molecular formula is C26H25F8N3O3S. The fourth-order valence-electron chi connectivity index (χ4n) is 4.84. The molecule has 0 aliphatic carbocycles. The summed E-state index contributed by atoms with van der Waals surface area (Å²) in [5, 5.41) is 13.9.